The normalized spacial score (nSPS) is 14.6. The van der Waals surface area contributed by atoms with E-state index in [-0.39, 0.29) is 5.56 Å². The first-order chi connectivity index (χ1) is 16.0. The molecule has 1 aliphatic heterocycles. The van der Waals surface area contributed by atoms with Crippen molar-refractivity contribution in [3.05, 3.63) is 69.8 Å². The van der Waals surface area contributed by atoms with Gasteiger partial charge in [0.1, 0.15) is 11.5 Å². The van der Waals surface area contributed by atoms with Crippen molar-refractivity contribution in [2.24, 2.45) is 5.92 Å². The Labute approximate surface area is 196 Å². The first-order valence-electron chi connectivity index (χ1n) is 11.2. The van der Waals surface area contributed by atoms with E-state index in [1.807, 2.05) is 42.7 Å². The van der Waals surface area contributed by atoms with Crippen LogP contribution >= 0.6 is 11.6 Å². The Hall–Kier alpha value is -3.16. The summed E-state index contributed by atoms with van der Waals surface area (Å²) in [6, 6.07) is 7.50. The minimum absolute atomic E-state index is 0.0795. The Bertz CT molecular complexity index is 1390. The molecular weight excluding hydrogens is 436 g/mol. The molecule has 1 aromatic carbocycles. The fraction of sp³-hybridized carbons (Fsp3) is 0.320. The van der Waals surface area contributed by atoms with Gasteiger partial charge in [0, 0.05) is 46.0 Å². The van der Waals surface area contributed by atoms with E-state index in [0.717, 1.165) is 48.3 Å². The molecule has 0 bridgehead atoms. The summed E-state index contributed by atoms with van der Waals surface area (Å²) < 4.78 is 1.81. The zero-order valence-electron chi connectivity index (χ0n) is 18.7. The molecule has 7 nitrogen and oxygen atoms in total. The van der Waals surface area contributed by atoms with E-state index in [0.29, 0.717) is 40.1 Å². The smallest absolute Gasteiger partial charge is 0.260 e. The van der Waals surface area contributed by atoms with Crippen LogP contribution in [0.15, 0.2) is 47.7 Å². The number of rotatable bonds is 4. The second kappa shape index (κ2) is 9.00. The highest BCUT2D eigenvalue weighted by Gasteiger charge is 2.20. The van der Waals surface area contributed by atoms with Crippen LogP contribution in [-0.2, 0) is 6.54 Å². The summed E-state index contributed by atoms with van der Waals surface area (Å²) in [6.07, 6.45) is 7.28. The standard InChI is InChI=1S/C25H25ClN6O/c1-15-11-28-13-23(30-15)18-3-4-20(22(26)10-18)21-9-19-12-29-16(2)31-24(19)32(25(21)33)14-17-5-7-27-8-6-17/h3-4,9-13,17,27H,5-8,14H2,1-2H3. The number of fused-ring (bicyclic) bond motifs is 1. The third-order valence-corrected chi connectivity index (χ3v) is 6.47. The molecule has 1 N–H and O–H groups in total. The Morgan fingerprint density at radius 3 is 2.64 bits per heavy atom. The number of benzene rings is 1. The maximum Gasteiger partial charge on any atom is 0.260 e. The fourth-order valence-electron chi connectivity index (χ4n) is 4.42. The van der Waals surface area contributed by atoms with Crippen molar-refractivity contribution in [2.75, 3.05) is 13.1 Å². The molecule has 0 spiro atoms. The minimum Gasteiger partial charge on any atom is -0.317 e. The third kappa shape index (κ3) is 4.38. The molecular formula is C25H25ClN6O. The molecule has 1 saturated heterocycles. The lowest BCUT2D eigenvalue weighted by Gasteiger charge is -2.24. The SMILES string of the molecule is Cc1cncc(-c2ccc(-c3cc4cnc(C)nc4n(CC4CCNCC4)c3=O)c(Cl)c2)n1. The Balaban J connectivity index is 1.63. The summed E-state index contributed by atoms with van der Waals surface area (Å²) in [7, 11) is 0. The quantitative estimate of drug-likeness (QED) is 0.491. The molecule has 1 aliphatic rings. The van der Waals surface area contributed by atoms with Crippen LogP contribution in [0.4, 0.5) is 0 Å². The second-order valence-electron chi connectivity index (χ2n) is 8.60. The molecule has 3 aromatic heterocycles. The summed E-state index contributed by atoms with van der Waals surface area (Å²) in [4.78, 5) is 31.4. The minimum atomic E-state index is -0.0795. The van der Waals surface area contributed by atoms with E-state index < -0.39 is 0 Å². The molecule has 168 valence electrons. The van der Waals surface area contributed by atoms with E-state index in [1.54, 1.807) is 18.6 Å². The van der Waals surface area contributed by atoms with Crippen LogP contribution in [0.3, 0.4) is 0 Å². The molecule has 1 fully saturated rings. The van der Waals surface area contributed by atoms with Gasteiger partial charge in [0.05, 0.1) is 17.6 Å². The predicted molar refractivity (Wildman–Crippen MR) is 130 cm³/mol. The van der Waals surface area contributed by atoms with Crippen LogP contribution in [0.2, 0.25) is 5.02 Å². The van der Waals surface area contributed by atoms with Crippen molar-refractivity contribution in [3.63, 3.8) is 0 Å². The number of halogens is 1. The number of nitrogens with zero attached hydrogens (tertiary/aromatic N) is 5. The summed E-state index contributed by atoms with van der Waals surface area (Å²) in [5.74, 6) is 1.07. The Morgan fingerprint density at radius 1 is 1.06 bits per heavy atom. The molecule has 0 atom stereocenters. The van der Waals surface area contributed by atoms with Gasteiger partial charge >= 0.3 is 0 Å². The topological polar surface area (TPSA) is 85.6 Å². The first kappa shape index (κ1) is 21.7. The molecule has 0 radical (unpaired) electrons. The van der Waals surface area contributed by atoms with Crippen LogP contribution in [0, 0.1) is 19.8 Å². The second-order valence-corrected chi connectivity index (χ2v) is 9.01. The Kier molecular flexibility index (Phi) is 5.91. The number of nitrogens with one attached hydrogen (secondary N) is 1. The van der Waals surface area contributed by atoms with Gasteiger partial charge in [-0.3, -0.25) is 14.3 Å². The highest BCUT2D eigenvalue weighted by atomic mass is 35.5. The zero-order valence-corrected chi connectivity index (χ0v) is 19.4. The van der Waals surface area contributed by atoms with Gasteiger partial charge in [0.2, 0.25) is 0 Å². The summed E-state index contributed by atoms with van der Waals surface area (Å²) in [5, 5.41) is 4.71. The molecule has 0 unspecified atom stereocenters. The first-order valence-corrected chi connectivity index (χ1v) is 11.5. The van der Waals surface area contributed by atoms with E-state index in [1.165, 1.54) is 0 Å². The lowest BCUT2D eigenvalue weighted by molar-refractivity contribution is 0.333. The lowest BCUT2D eigenvalue weighted by atomic mass is 9.97. The number of aromatic nitrogens is 5. The van der Waals surface area contributed by atoms with E-state index >= 15 is 0 Å². The van der Waals surface area contributed by atoms with Gasteiger partial charge in [0.25, 0.3) is 5.56 Å². The van der Waals surface area contributed by atoms with Crippen molar-refractivity contribution in [1.29, 1.82) is 0 Å². The van der Waals surface area contributed by atoms with Gasteiger partial charge in [-0.05, 0) is 57.8 Å². The predicted octanol–water partition coefficient (Wildman–Crippen LogP) is 4.19. The van der Waals surface area contributed by atoms with Crippen molar-refractivity contribution < 1.29 is 0 Å². The summed E-state index contributed by atoms with van der Waals surface area (Å²) in [6.45, 7) is 6.32. The van der Waals surface area contributed by atoms with Crippen LogP contribution < -0.4 is 10.9 Å². The third-order valence-electron chi connectivity index (χ3n) is 6.16. The molecule has 0 saturated carbocycles. The maximum atomic E-state index is 13.7. The Morgan fingerprint density at radius 2 is 1.88 bits per heavy atom. The molecule has 0 amide bonds. The molecule has 4 aromatic rings. The van der Waals surface area contributed by atoms with Gasteiger partial charge in [-0.25, -0.2) is 15.0 Å². The van der Waals surface area contributed by atoms with Crippen molar-refractivity contribution in [2.45, 2.75) is 33.2 Å². The average Bonchev–Trinajstić information content (AvgIpc) is 2.82. The number of piperidine rings is 1. The van der Waals surface area contributed by atoms with Gasteiger partial charge in [0.15, 0.2) is 0 Å². The maximum absolute atomic E-state index is 13.7. The van der Waals surface area contributed by atoms with Gasteiger partial charge in [-0.2, -0.15) is 0 Å². The average molecular weight is 461 g/mol. The van der Waals surface area contributed by atoms with Crippen molar-refractivity contribution >= 4 is 22.6 Å². The van der Waals surface area contributed by atoms with Crippen LogP contribution in [-0.4, -0.2) is 37.6 Å². The zero-order chi connectivity index (χ0) is 22.9. The summed E-state index contributed by atoms with van der Waals surface area (Å²) in [5.41, 5.74) is 4.27. The molecule has 33 heavy (non-hydrogen) atoms. The molecule has 0 aliphatic carbocycles. The van der Waals surface area contributed by atoms with Gasteiger partial charge < -0.3 is 5.32 Å². The van der Waals surface area contributed by atoms with E-state index in [9.17, 15) is 4.79 Å². The molecule has 8 heteroatoms. The number of aryl methyl sites for hydroxylation is 2. The highest BCUT2D eigenvalue weighted by molar-refractivity contribution is 6.33. The van der Waals surface area contributed by atoms with Gasteiger partial charge in [-0.15, -0.1) is 0 Å². The highest BCUT2D eigenvalue weighted by Crippen LogP contribution is 2.31. The molecule has 5 rings (SSSR count). The number of hydrogen-bond acceptors (Lipinski definition) is 6. The van der Waals surface area contributed by atoms with Crippen molar-refractivity contribution in [3.8, 4) is 22.4 Å². The van der Waals surface area contributed by atoms with Gasteiger partial charge in [-0.1, -0.05) is 23.7 Å². The van der Waals surface area contributed by atoms with E-state index in [2.05, 4.69) is 25.3 Å². The van der Waals surface area contributed by atoms with Crippen molar-refractivity contribution in [1.82, 2.24) is 29.8 Å². The summed E-state index contributed by atoms with van der Waals surface area (Å²) >= 11 is 6.71. The number of hydrogen-bond donors (Lipinski definition) is 1. The largest absolute Gasteiger partial charge is 0.317 e. The lowest BCUT2D eigenvalue weighted by Crippen LogP contribution is -2.33. The number of pyridine rings is 1. The molecule has 4 heterocycles. The van der Waals surface area contributed by atoms with Crippen LogP contribution in [0.5, 0.6) is 0 Å². The van der Waals surface area contributed by atoms with Crippen LogP contribution in [0.1, 0.15) is 24.4 Å². The van der Waals surface area contributed by atoms with Crippen LogP contribution in [0.25, 0.3) is 33.4 Å². The fourth-order valence-corrected chi connectivity index (χ4v) is 4.71. The monoisotopic (exact) mass is 460 g/mol. The van der Waals surface area contributed by atoms with E-state index in [4.69, 9.17) is 11.6 Å².